The number of imidazole rings is 1. The molecule has 0 amide bonds. The highest BCUT2D eigenvalue weighted by atomic mass is 79.9. The first-order valence-corrected chi connectivity index (χ1v) is 6.73. The van der Waals surface area contributed by atoms with E-state index in [-0.39, 0.29) is 5.82 Å². The van der Waals surface area contributed by atoms with Gasteiger partial charge in [0, 0.05) is 12.3 Å². The maximum Gasteiger partial charge on any atom is 0.201 e. The van der Waals surface area contributed by atoms with Gasteiger partial charge in [0.1, 0.15) is 11.6 Å². The van der Waals surface area contributed by atoms with Crippen molar-refractivity contribution in [2.75, 3.05) is 5.73 Å². The summed E-state index contributed by atoms with van der Waals surface area (Å²) in [5, 5.41) is 0. The number of benzene rings is 1. The van der Waals surface area contributed by atoms with Gasteiger partial charge in [0.25, 0.3) is 0 Å². The molecule has 0 saturated carbocycles. The van der Waals surface area contributed by atoms with Crippen molar-refractivity contribution in [2.24, 2.45) is 0 Å². The van der Waals surface area contributed by atoms with Gasteiger partial charge in [0.15, 0.2) is 0 Å². The third-order valence-corrected chi connectivity index (χ3v) is 3.58. The number of rotatable bonds is 2. The fourth-order valence-electron chi connectivity index (χ4n) is 2.06. The van der Waals surface area contributed by atoms with Crippen molar-refractivity contribution >= 4 is 32.9 Å². The van der Waals surface area contributed by atoms with Crippen LogP contribution in [0.5, 0.6) is 0 Å². The molecular weight excluding hydrogens is 325 g/mol. The van der Waals surface area contributed by atoms with Gasteiger partial charge < -0.3 is 10.3 Å². The molecule has 3 rings (SSSR count). The SMILES string of the molecule is Cc1nccc(Cn2c(N)nc3cc(Br)c(F)cc32)n1. The van der Waals surface area contributed by atoms with Crippen molar-refractivity contribution in [2.45, 2.75) is 13.5 Å². The molecule has 0 bridgehead atoms. The summed E-state index contributed by atoms with van der Waals surface area (Å²) in [6.07, 6.45) is 1.68. The van der Waals surface area contributed by atoms with Gasteiger partial charge in [-0.15, -0.1) is 0 Å². The lowest BCUT2D eigenvalue weighted by molar-refractivity contribution is 0.622. The molecule has 7 heteroatoms. The highest BCUT2D eigenvalue weighted by Crippen LogP contribution is 2.25. The number of aromatic nitrogens is 4. The molecule has 0 aliphatic rings. The predicted octanol–water partition coefficient (Wildman–Crippen LogP) is 2.67. The minimum atomic E-state index is -0.350. The number of nitrogens with two attached hydrogens (primary N) is 1. The molecule has 0 atom stereocenters. The van der Waals surface area contributed by atoms with E-state index in [4.69, 9.17) is 5.73 Å². The molecule has 0 aliphatic heterocycles. The Hall–Kier alpha value is -2.02. The van der Waals surface area contributed by atoms with Gasteiger partial charge in [-0.2, -0.15) is 0 Å². The number of nitrogens with zero attached hydrogens (tertiary/aromatic N) is 4. The summed E-state index contributed by atoms with van der Waals surface area (Å²) in [6.45, 7) is 2.24. The molecule has 102 valence electrons. The summed E-state index contributed by atoms with van der Waals surface area (Å²) < 4.78 is 15.8. The lowest BCUT2D eigenvalue weighted by Gasteiger charge is -2.06. The number of hydrogen-bond donors (Lipinski definition) is 1. The van der Waals surface area contributed by atoms with Gasteiger partial charge in [0.2, 0.25) is 5.95 Å². The van der Waals surface area contributed by atoms with E-state index in [1.165, 1.54) is 6.07 Å². The maximum absolute atomic E-state index is 13.7. The molecule has 0 fully saturated rings. The van der Waals surface area contributed by atoms with E-state index in [2.05, 4.69) is 30.9 Å². The van der Waals surface area contributed by atoms with Crippen molar-refractivity contribution in [3.05, 3.63) is 46.2 Å². The highest BCUT2D eigenvalue weighted by Gasteiger charge is 2.12. The van der Waals surface area contributed by atoms with Crippen LogP contribution in [0.3, 0.4) is 0 Å². The first kappa shape index (κ1) is 13.0. The molecular formula is C13H11BrFN5. The van der Waals surface area contributed by atoms with E-state index in [0.29, 0.717) is 33.8 Å². The van der Waals surface area contributed by atoms with Crippen LogP contribution in [-0.2, 0) is 6.54 Å². The van der Waals surface area contributed by atoms with Gasteiger partial charge in [-0.25, -0.2) is 19.3 Å². The molecule has 2 aromatic heterocycles. The summed E-state index contributed by atoms with van der Waals surface area (Å²) in [5.74, 6) is 0.658. The van der Waals surface area contributed by atoms with Crippen LogP contribution < -0.4 is 5.73 Å². The minimum Gasteiger partial charge on any atom is -0.369 e. The van der Waals surface area contributed by atoms with Crippen LogP contribution in [0.2, 0.25) is 0 Å². The number of aryl methyl sites for hydroxylation is 1. The van der Waals surface area contributed by atoms with E-state index >= 15 is 0 Å². The third-order valence-electron chi connectivity index (χ3n) is 2.97. The molecule has 1 aromatic carbocycles. The van der Waals surface area contributed by atoms with Crippen LogP contribution in [0.4, 0.5) is 10.3 Å². The Morgan fingerprint density at radius 2 is 2.15 bits per heavy atom. The zero-order valence-corrected chi connectivity index (χ0v) is 12.2. The minimum absolute atomic E-state index is 0.328. The Balaban J connectivity index is 2.11. The summed E-state index contributed by atoms with van der Waals surface area (Å²) in [4.78, 5) is 12.6. The predicted molar refractivity (Wildman–Crippen MR) is 77.7 cm³/mol. The first-order valence-electron chi connectivity index (χ1n) is 5.94. The normalized spacial score (nSPS) is 11.2. The van der Waals surface area contributed by atoms with E-state index in [9.17, 15) is 4.39 Å². The summed E-state index contributed by atoms with van der Waals surface area (Å²) in [7, 11) is 0. The van der Waals surface area contributed by atoms with E-state index in [0.717, 1.165) is 5.69 Å². The van der Waals surface area contributed by atoms with E-state index < -0.39 is 0 Å². The smallest absolute Gasteiger partial charge is 0.201 e. The molecule has 20 heavy (non-hydrogen) atoms. The van der Waals surface area contributed by atoms with Crippen LogP contribution >= 0.6 is 15.9 Å². The zero-order chi connectivity index (χ0) is 14.3. The molecule has 0 radical (unpaired) electrons. The number of fused-ring (bicyclic) bond motifs is 1. The lowest BCUT2D eigenvalue weighted by Crippen LogP contribution is -2.07. The fraction of sp³-hybridized carbons (Fsp3) is 0.154. The Kier molecular flexibility index (Phi) is 3.13. The van der Waals surface area contributed by atoms with Crippen molar-refractivity contribution in [1.82, 2.24) is 19.5 Å². The number of halogens is 2. The highest BCUT2D eigenvalue weighted by molar-refractivity contribution is 9.10. The second-order valence-electron chi connectivity index (χ2n) is 4.41. The standard InChI is InChI=1S/C13H11BrFN5/c1-7-17-3-2-8(18-7)6-20-12-5-10(15)9(14)4-11(12)19-13(20)16/h2-5H,6H2,1H3,(H2,16,19). The maximum atomic E-state index is 13.7. The van der Waals surface area contributed by atoms with Crippen LogP contribution in [0, 0.1) is 12.7 Å². The molecule has 0 aliphatic carbocycles. The van der Waals surface area contributed by atoms with Crippen LogP contribution in [-0.4, -0.2) is 19.5 Å². The molecule has 0 spiro atoms. The van der Waals surface area contributed by atoms with Gasteiger partial charge in [-0.3, -0.25) is 0 Å². The summed E-state index contributed by atoms with van der Waals surface area (Å²) in [5.41, 5.74) is 7.99. The quantitative estimate of drug-likeness (QED) is 0.781. The van der Waals surface area contributed by atoms with Crippen molar-refractivity contribution in [1.29, 1.82) is 0 Å². The van der Waals surface area contributed by atoms with Crippen LogP contribution in [0.15, 0.2) is 28.9 Å². The second-order valence-corrected chi connectivity index (χ2v) is 5.26. The third kappa shape index (κ3) is 2.24. The molecule has 2 heterocycles. The molecule has 0 saturated heterocycles. The van der Waals surface area contributed by atoms with Gasteiger partial charge in [-0.1, -0.05) is 0 Å². The first-order chi connectivity index (χ1) is 9.54. The van der Waals surface area contributed by atoms with Gasteiger partial charge >= 0.3 is 0 Å². The molecule has 2 N–H and O–H groups in total. The monoisotopic (exact) mass is 335 g/mol. The Morgan fingerprint density at radius 3 is 2.90 bits per heavy atom. The largest absolute Gasteiger partial charge is 0.369 e. The number of hydrogen-bond acceptors (Lipinski definition) is 4. The Morgan fingerprint density at radius 1 is 1.35 bits per heavy atom. The average molecular weight is 336 g/mol. The van der Waals surface area contributed by atoms with Crippen molar-refractivity contribution in [3.8, 4) is 0 Å². The average Bonchev–Trinajstić information content (AvgIpc) is 2.67. The Bertz CT molecular complexity index is 799. The van der Waals surface area contributed by atoms with E-state index in [1.54, 1.807) is 22.9 Å². The summed E-state index contributed by atoms with van der Waals surface area (Å²) in [6, 6.07) is 4.83. The topological polar surface area (TPSA) is 69.6 Å². The number of nitrogen functional groups attached to an aromatic ring is 1. The van der Waals surface area contributed by atoms with E-state index in [1.807, 2.05) is 6.92 Å². The molecule has 0 unspecified atom stereocenters. The number of anilines is 1. The van der Waals surface area contributed by atoms with Crippen molar-refractivity contribution in [3.63, 3.8) is 0 Å². The lowest BCUT2D eigenvalue weighted by atomic mass is 10.3. The Labute approximate surface area is 122 Å². The molecule has 5 nitrogen and oxygen atoms in total. The van der Waals surface area contributed by atoms with Crippen LogP contribution in [0.25, 0.3) is 11.0 Å². The zero-order valence-electron chi connectivity index (χ0n) is 10.6. The summed E-state index contributed by atoms with van der Waals surface area (Å²) >= 11 is 3.14. The fourth-order valence-corrected chi connectivity index (χ4v) is 2.39. The van der Waals surface area contributed by atoms with Crippen molar-refractivity contribution < 1.29 is 4.39 Å². The second kappa shape index (κ2) is 4.82. The molecule has 3 aromatic rings. The van der Waals surface area contributed by atoms with Gasteiger partial charge in [0.05, 0.1) is 27.7 Å². The van der Waals surface area contributed by atoms with Crippen LogP contribution in [0.1, 0.15) is 11.5 Å². The van der Waals surface area contributed by atoms with Gasteiger partial charge in [-0.05, 0) is 35.0 Å².